The van der Waals surface area contributed by atoms with E-state index in [1.165, 1.54) is 16.9 Å². The first-order valence-corrected chi connectivity index (χ1v) is 10.7. The maximum Gasteiger partial charge on any atom is 0.206 e. The number of benzene rings is 2. The van der Waals surface area contributed by atoms with E-state index >= 15 is 0 Å². The van der Waals surface area contributed by atoms with Crippen molar-refractivity contribution in [1.29, 1.82) is 0 Å². The zero-order chi connectivity index (χ0) is 21.5. The Morgan fingerprint density at radius 3 is 2.65 bits per heavy atom. The van der Waals surface area contributed by atoms with Gasteiger partial charge in [0, 0.05) is 17.5 Å². The van der Waals surface area contributed by atoms with Crippen LogP contribution in [0, 0.1) is 0 Å². The van der Waals surface area contributed by atoms with Gasteiger partial charge in [0.2, 0.25) is 4.80 Å². The van der Waals surface area contributed by atoms with Crippen LogP contribution in [0.5, 0.6) is 11.5 Å². The highest BCUT2D eigenvalue weighted by Crippen LogP contribution is 2.33. The number of hydrogen-bond acceptors (Lipinski definition) is 6. The quantitative estimate of drug-likeness (QED) is 0.373. The minimum absolute atomic E-state index is 0.662. The molecular formula is C24H23N3O3S. The van der Waals surface area contributed by atoms with Gasteiger partial charge in [-0.05, 0) is 42.3 Å². The van der Waals surface area contributed by atoms with E-state index in [1.54, 1.807) is 26.7 Å². The molecule has 2 aromatic carbocycles. The molecule has 0 saturated heterocycles. The number of ether oxygens (including phenoxy) is 2. The molecule has 0 aliphatic rings. The van der Waals surface area contributed by atoms with Crippen molar-refractivity contribution in [2.24, 2.45) is 10.1 Å². The number of rotatable bonds is 8. The standard InChI is InChI=1S/C24H23N3O3S/c1-28-19-10-11-23(29-2)21(15-19)22-17-31-24(25-13-12-18-7-4-3-5-8-18)27(22)26-16-20-9-6-14-30-20/h3-11,14-17H,12-13H2,1-2H3. The lowest BCUT2D eigenvalue weighted by Crippen LogP contribution is -2.13. The summed E-state index contributed by atoms with van der Waals surface area (Å²) in [5.74, 6) is 2.14. The minimum atomic E-state index is 0.662. The fourth-order valence-corrected chi connectivity index (χ4v) is 3.98. The molecule has 0 unspecified atom stereocenters. The third-order valence-electron chi connectivity index (χ3n) is 4.70. The van der Waals surface area contributed by atoms with Crippen LogP contribution in [0.25, 0.3) is 11.3 Å². The number of nitrogens with zero attached hydrogens (tertiary/aromatic N) is 3. The molecule has 4 rings (SSSR count). The zero-order valence-corrected chi connectivity index (χ0v) is 18.2. The lowest BCUT2D eigenvalue weighted by atomic mass is 10.1. The second-order valence-electron chi connectivity index (χ2n) is 6.66. The molecule has 0 amide bonds. The highest BCUT2D eigenvalue weighted by Gasteiger charge is 2.14. The van der Waals surface area contributed by atoms with E-state index in [-0.39, 0.29) is 0 Å². The van der Waals surface area contributed by atoms with Crippen molar-refractivity contribution in [3.8, 4) is 22.8 Å². The molecule has 158 valence electrons. The first kappa shape index (κ1) is 20.7. The molecule has 7 heteroatoms. The van der Waals surface area contributed by atoms with Crippen LogP contribution in [0.1, 0.15) is 11.3 Å². The molecule has 4 aromatic rings. The summed E-state index contributed by atoms with van der Waals surface area (Å²) >= 11 is 1.53. The molecular weight excluding hydrogens is 410 g/mol. The molecule has 0 atom stereocenters. The monoisotopic (exact) mass is 433 g/mol. The second kappa shape index (κ2) is 9.95. The van der Waals surface area contributed by atoms with Gasteiger partial charge in [0.15, 0.2) is 0 Å². The van der Waals surface area contributed by atoms with Crippen LogP contribution < -0.4 is 14.3 Å². The average Bonchev–Trinajstić information content (AvgIpc) is 3.48. The summed E-state index contributed by atoms with van der Waals surface area (Å²) < 4.78 is 18.2. The van der Waals surface area contributed by atoms with Crippen LogP contribution >= 0.6 is 11.3 Å². The van der Waals surface area contributed by atoms with Crippen molar-refractivity contribution in [2.75, 3.05) is 20.8 Å². The van der Waals surface area contributed by atoms with Crippen molar-refractivity contribution >= 4 is 17.6 Å². The molecule has 0 radical (unpaired) electrons. The van der Waals surface area contributed by atoms with E-state index in [0.717, 1.165) is 34.0 Å². The molecule has 6 nitrogen and oxygen atoms in total. The van der Waals surface area contributed by atoms with E-state index in [0.29, 0.717) is 12.3 Å². The number of aromatic nitrogens is 1. The van der Waals surface area contributed by atoms with Gasteiger partial charge in [-0.1, -0.05) is 30.3 Å². The Hall–Kier alpha value is -3.58. The van der Waals surface area contributed by atoms with Crippen LogP contribution in [0.15, 0.2) is 86.8 Å². The fourth-order valence-electron chi connectivity index (χ4n) is 3.12. The fraction of sp³-hybridized carbons (Fsp3) is 0.167. The first-order chi connectivity index (χ1) is 15.3. The van der Waals surface area contributed by atoms with Crippen LogP contribution in [0.2, 0.25) is 0 Å². The highest BCUT2D eigenvalue weighted by molar-refractivity contribution is 7.07. The summed E-state index contributed by atoms with van der Waals surface area (Å²) in [6.45, 7) is 0.662. The molecule has 0 saturated carbocycles. The lowest BCUT2D eigenvalue weighted by Gasteiger charge is -2.11. The maximum atomic E-state index is 5.59. The van der Waals surface area contributed by atoms with E-state index < -0.39 is 0 Å². The van der Waals surface area contributed by atoms with Gasteiger partial charge < -0.3 is 13.9 Å². The topological polar surface area (TPSA) is 61.2 Å². The highest BCUT2D eigenvalue weighted by atomic mass is 32.1. The smallest absolute Gasteiger partial charge is 0.206 e. The number of methoxy groups -OCH3 is 2. The van der Waals surface area contributed by atoms with Gasteiger partial charge in [-0.2, -0.15) is 5.10 Å². The Bertz CT molecular complexity index is 1210. The summed E-state index contributed by atoms with van der Waals surface area (Å²) in [5.41, 5.74) is 2.99. The summed E-state index contributed by atoms with van der Waals surface area (Å²) in [6, 6.07) is 19.7. The van der Waals surface area contributed by atoms with E-state index in [4.69, 9.17) is 18.9 Å². The largest absolute Gasteiger partial charge is 0.497 e. The van der Waals surface area contributed by atoms with Crippen molar-refractivity contribution < 1.29 is 13.9 Å². The molecule has 2 heterocycles. The Kier molecular flexibility index (Phi) is 6.64. The molecule has 0 spiro atoms. The van der Waals surface area contributed by atoms with Crippen LogP contribution in [0.3, 0.4) is 0 Å². The summed E-state index contributed by atoms with van der Waals surface area (Å²) in [4.78, 5) is 5.60. The second-order valence-corrected chi connectivity index (χ2v) is 7.50. The van der Waals surface area contributed by atoms with Gasteiger partial charge in [0.1, 0.15) is 17.3 Å². The van der Waals surface area contributed by atoms with Crippen molar-refractivity contribution in [3.05, 3.63) is 88.4 Å². The van der Waals surface area contributed by atoms with Gasteiger partial charge in [-0.25, -0.2) is 4.68 Å². The van der Waals surface area contributed by atoms with Gasteiger partial charge in [0.25, 0.3) is 0 Å². The van der Waals surface area contributed by atoms with Crippen molar-refractivity contribution in [3.63, 3.8) is 0 Å². The molecule has 0 bridgehead atoms. The third-order valence-corrected chi connectivity index (χ3v) is 5.56. The van der Waals surface area contributed by atoms with Gasteiger partial charge in [-0.3, -0.25) is 4.99 Å². The molecule has 2 aromatic heterocycles. The first-order valence-electron chi connectivity index (χ1n) is 9.83. The van der Waals surface area contributed by atoms with E-state index in [1.807, 2.05) is 58.6 Å². The third kappa shape index (κ3) is 4.95. The molecule has 0 aliphatic heterocycles. The Morgan fingerprint density at radius 1 is 1.03 bits per heavy atom. The van der Waals surface area contributed by atoms with Gasteiger partial charge in [-0.15, -0.1) is 11.3 Å². The Balaban J connectivity index is 1.74. The minimum Gasteiger partial charge on any atom is -0.497 e. The van der Waals surface area contributed by atoms with Crippen LogP contribution in [-0.2, 0) is 6.42 Å². The normalized spacial score (nSPS) is 11.9. The van der Waals surface area contributed by atoms with E-state index in [9.17, 15) is 0 Å². The number of thiazole rings is 1. The van der Waals surface area contributed by atoms with Crippen molar-refractivity contribution in [1.82, 2.24) is 4.68 Å². The zero-order valence-electron chi connectivity index (χ0n) is 17.4. The molecule has 0 aliphatic carbocycles. The maximum absolute atomic E-state index is 5.59. The predicted molar refractivity (Wildman–Crippen MR) is 123 cm³/mol. The van der Waals surface area contributed by atoms with Gasteiger partial charge in [0.05, 0.1) is 32.4 Å². The number of furan rings is 1. The predicted octanol–water partition coefficient (Wildman–Crippen LogP) is 4.85. The Labute approximate surface area is 184 Å². The Morgan fingerprint density at radius 2 is 1.90 bits per heavy atom. The van der Waals surface area contributed by atoms with Crippen LogP contribution in [-0.4, -0.2) is 31.7 Å². The molecule has 0 N–H and O–H groups in total. The number of hydrogen-bond donors (Lipinski definition) is 0. The molecule has 31 heavy (non-hydrogen) atoms. The summed E-state index contributed by atoms with van der Waals surface area (Å²) in [7, 11) is 3.30. The van der Waals surface area contributed by atoms with Gasteiger partial charge >= 0.3 is 0 Å². The van der Waals surface area contributed by atoms with Crippen LogP contribution in [0.4, 0.5) is 0 Å². The lowest BCUT2D eigenvalue weighted by molar-refractivity contribution is 0.404. The summed E-state index contributed by atoms with van der Waals surface area (Å²) in [6.07, 6.45) is 4.16. The average molecular weight is 434 g/mol. The molecule has 0 fully saturated rings. The van der Waals surface area contributed by atoms with E-state index in [2.05, 4.69) is 17.2 Å². The van der Waals surface area contributed by atoms with Crippen molar-refractivity contribution in [2.45, 2.75) is 6.42 Å². The SMILES string of the molecule is COc1ccc(OC)c(-c2csc(=NCCc3ccccc3)n2N=Cc2ccco2)c1. The summed E-state index contributed by atoms with van der Waals surface area (Å²) in [5, 5.41) is 6.69.